The molecule has 2 heterocycles. The molecule has 27 heavy (non-hydrogen) atoms. The van der Waals surface area contributed by atoms with E-state index in [0.717, 1.165) is 24.1 Å². The molecule has 0 unspecified atom stereocenters. The van der Waals surface area contributed by atoms with Crippen LogP contribution in [0.25, 0.3) is 16.7 Å². The highest BCUT2D eigenvalue weighted by molar-refractivity contribution is 6.06. The van der Waals surface area contributed by atoms with Gasteiger partial charge in [-0.1, -0.05) is 0 Å². The molecule has 4 rings (SSSR count). The number of rotatable bonds is 4. The van der Waals surface area contributed by atoms with Crippen LogP contribution in [-0.2, 0) is 4.74 Å². The summed E-state index contributed by atoms with van der Waals surface area (Å²) in [5, 5.41) is 0.454. The van der Waals surface area contributed by atoms with Crippen molar-refractivity contribution in [1.29, 1.82) is 0 Å². The average Bonchev–Trinajstić information content (AvgIpc) is 3.47. The van der Waals surface area contributed by atoms with E-state index in [0.29, 0.717) is 48.7 Å². The summed E-state index contributed by atoms with van der Waals surface area (Å²) in [7, 11) is 3.98. The molecule has 1 saturated carbocycles. The van der Waals surface area contributed by atoms with Crippen molar-refractivity contribution in [3.8, 4) is 0 Å². The van der Waals surface area contributed by atoms with Crippen molar-refractivity contribution in [3.05, 3.63) is 45.1 Å². The van der Waals surface area contributed by atoms with Crippen LogP contribution < -0.4 is 10.3 Å². The molecule has 2 fully saturated rings. The van der Waals surface area contributed by atoms with Gasteiger partial charge in [-0.15, -0.1) is 0 Å². The fraction of sp³-hybridized carbons (Fsp3) is 0.429. The number of ketones is 1. The number of hydrogen-bond acceptors (Lipinski definition) is 6. The quantitative estimate of drug-likeness (QED) is 0.774. The monoisotopic (exact) mass is 368 g/mol. The summed E-state index contributed by atoms with van der Waals surface area (Å²) in [4.78, 5) is 29.3. The second kappa shape index (κ2) is 6.85. The van der Waals surface area contributed by atoms with Gasteiger partial charge in [0.1, 0.15) is 0 Å². The summed E-state index contributed by atoms with van der Waals surface area (Å²) in [6.07, 6.45) is 2.12. The fourth-order valence-electron chi connectivity index (χ4n) is 3.66. The van der Waals surface area contributed by atoms with Crippen molar-refractivity contribution in [1.82, 2.24) is 4.90 Å². The van der Waals surface area contributed by atoms with Crippen molar-refractivity contribution in [2.75, 3.05) is 45.3 Å². The SMILES string of the molecule is CC(=O)c1cc(C(=C2CC2)N(C)C)cc2c(=O)cc(N3CCOCC3)oc12. The minimum absolute atomic E-state index is 0.108. The Bertz CT molecular complexity index is 991. The van der Waals surface area contributed by atoms with Gasteiger partial charge in [-0.05, 0) is 43.0 Å². The molecular weight excluding hydrogens is 344 g/mol. The first-order valence-corrected chi connectivity index (χ1v) is 9.31. The van der Waals surface area contributed by atoms with Gasteiger partial charge in [0, 0.05) is 38.9 Å². The molecule has 1 saturated heterocycles. The number of Topliss-reactive ketones (excluding diaryl/α,β-unsaturated/α-hetero) is 1. The van der Waals surface area contributed by atoms with Crippen molar-refractivity contribution in [3.63, 3.8) is 0 Å². The molecule has 0 radical (unpaired) electrons. The third-order valence-corrected chi connectivity index (χ3v) is 5.07. The number of carbonyl (C=O) groups is 1. The van der Waals surface area contributed by atoms with E-state index in [1.807, 2.05) is 31.1 Å². The first-order valence-electron chi connectivity index (χ1n) is 9.31. The number of allylic oxidation sites excluding steroid dienone is 1. The van der Waals surface area contributed by atoms with Gasteiger partial charge in [0.15, 0.2) is 22.7 Å². The molecule has 2 aliphatic rings. The van der Waals surface area contributed by atoms with Crippen LogP contribution in [0.4, 0.5) is 5.88 Å². The molecule has 0 atom stereocenters. The summed E-state index contributed by atoms with van der Waals surface area (Å²) >= 11 is 0. The van der Waals surface area contributed by atoms with Crippen LogP contribution in [0.2, 0.25) is 0 Å². The summed E-state index contributed by atoms with van der Waals surface area (Å²) in [6.45, 7) is 4.04. The van der Waals surface area contributed by atoms with Gasteiger partial charge in [-0.25, -0.2) is 0 Å². The molecule has 142 valence electrons. The molecule has 1 aromatic heterocycles. The maximum absolute atomic E-state index is 12.9. The van der Waals surface area contributed by atoms with E-state index in [1.54, 1.807) is 0 Å². The van der Waals surface area contributed by atoms with Gasteiger partial charge in [0.2, 0.25) is 0 Å². The molecule has 6 heteroatoms. The van der Waals surface area contributed by atoms with Gasteiger partial charge in [-0.2, -0.15) is 0 Å². The van der Waals surface area contributed by atoms with Crippen LogP contribution >= 0.6 is 0 Å². The maximum Gasteiger partial charge on any atom is 0.200 e. The Morgan fingerprint density at radius 1 is 1.11 bits per heavy atom. The second-order valence-electron chi connectivity index (χ2n) is 7.35. The van der Waals surface area contributed by atoms with Crippen molar-refractivity contribution in [2.24, 2.45) is 0 Å². The fourth-order valence-corrected chi connectivity index (χ4v) is 3.66. The zero-order valence-corrected chi connectivity index (χ0v) is 16.0. The number of ether oxygens (including phenoxy) is 1. The van der Waals surface area contributed by atoms with Crippen LogP contribution in [0, 0.1) is 0 Å². The number of fused-ring (bicyclic) bond motifs is 1. The highest BCUT2D eigenvalue weighted by Crippen LogP contribution is 2.38. The molecule has 1 aliphatic carbocycles. The minimum atomic E-state index is -0.124. The molecule has 0 spiro atoms. The first kappa shape index (κ1) is 17.8. The Morgan fingerprint density at radius 2 is 1.81 bits per heavy atom. The van der Waals surface area contributed by atoms with E-state index in [1.165, 1.54) is 18.6 Å². The topological polar surface area (TPSA) is 63.0 Å². The van der Waals surface area contributed by atoms with E-state index in [4.69, 9.17) is 9.15 Å². The Morgan fingerprint density at radius 3 is 2.41 bits per heavy atom. The van der Waals surface area contributed by atoms with Gasteiger partial charge >= 0.3 is 0 Å². The van der Waals surface area contributed by atoms with Gasteiger partial charge in [0.05, 0.1) is 24.2 Å². The van der Waals surface area contributed by atoms with E-state index < -0.39 is 0 Å². The third kappa shape index (κ3) is 3.37. The standard InChI is InChI=1S/C21H24N2O4/c1-13(24)16-10-15(20(22(2)3)14-4-5-14)11-17-18(25)12-19(27-21(16)17)23-6-8-26-9-7-23/h10-12H,4-9H2,1-3H3. The van der Waals surface area contributed by atoms with E-state index in [-0.39, 0.29) is 11.2 Å². The lowest BCUT2D eigenvalue weighted by Crippen LogP contribution is -2.36. The third-order valence-electron chi connectivity index (χ3n) is 5.07. The number of anilines is 1. The molecule has 1 aliphatic heterocycles. The lowest BCUT2D eigenvalue weighted by atomic mass is 10.0. The summed E-state index contributed by atoms with van der Waals surface area (Å²) < 4.78 is 11.4. The van der Waals surface area contributed by atoms with E-state index in [2.05, 4.69) is 4.90 Å². The van der Waals surface area contributed by atoms with Gasteiger partial charge in [0.25, 0.3) is 0 Å². The lowest BCUT2D eigenvalue weighted by Gasteiger charge is -2.27. The average molecular weight is 368 g/mol. The summed E-state index contributed by atoms with van der Waals surface area (Å²) in [6, 6.07) is 5.25. The summed E-state index contributed by atoms with van der Waals surface area (Å²) in [5.41, 5.74) is 4.05. The smallest absolute Gasteiger partial charge is 0.200 e. The van der Waals surface area contributed by atoms with Crippen molar-refractivity contribution >= 4 is 28.3 Å². The largest absolute Gasteiger partial charge is 0.440 e. The maximum atomic E-state index is 12.9. The highest BCUT2D eigenvalue weighted by atomic mass is 16.5. The number of nitrogens with zero attached hydrogens (tertiary/aromatic N) is 2. The Balaban J connectivity index is 1.92. The minimum Gasteiger partial charge on any atom is -0.440 e. The summed E-state index contributed by atoms with van der Waals surface area (Å²) in [5.74, 6) is 0.391. The molecule has 6 nitrogen and oxygen atoms in total. The molecule has 0 amide bonds. The molecular formula is C21H24N2O4. The predicted octanol–water partition coefficient (Wildman–Crippen LogP) is 2.90. The predicted molar refractivity (Wildman–Crippen MR) is 105 cm³/mol. The van der Waals surface area contributed by atoms with Gasteiger partial charge < -0.3 is 19.0 Å². The zero-order valence-electron chi connectivity index (χ0n) is 16.0. The van der Waals surface area contributed by atoms with Crippen LogP contribution in [0.3, 0.4) is 0 Å². The molecule has 0 bridgehead atoms. The second-order valence-corrected chi connectivity index (χ2v) is 7.35. The Hall–Kier alpha value is -2.60. The molecule has 2 aromatic rings. The number of morpholine rings is 1. The van der Waals surface area contributed by atoms with Crippen LogP contribution in [-0.4, -0.2) is 51.1 Å². The molecule has 1 aromatic carbocycles. The Kier molecular flexibility index (Phi) is 4.52. The lowest BCUT2D eigenvalue weighted by molar-refractivity contribution is 0.101. The van der Waals surface area contributed by atoms with E-state index in [9.17, 15) is 9.59 Å². The van der Waals surface area contributed by atoms with Gasteiger partial charge in [-0.3, -0.25) is 9.59 Å². The van der Waals surface area contributed by atoms with Crippen LogP contribution in [0.1, 0.15) is 35.7 Å². The van der Waals surface area contributed by atoms with Crippen LogP contribution in [0.5, 0.6) is 0 Å². The number of benzene rings is 1. The van der Waals surface area contributed by atoms with Crippen molar-refractivity contribution in [2.45, 2.75) is 19.8 Å². The zero-order chi connectivity index (χ0) is 19.1. The highest BCUT2D eigenvalue weighted by Gasteiger charge is 2.24. The van der Waals surface area contributed by atoms with Crippen molar-refractivity contribution < 1.29 is 13.9 Å². The van der Waals surface area contributed by atoms with E-state index >= 15 is 0 Å². The number of hydrogen-bond donors (Lipinski definition) is 0. The first-order chi connectivity index (χ1) is 13.0. The van der Waals surface area contributed by atoms with Crippen LogP contribution in [0.15, 0.2) is 33.0 Å². The normalized spacial score (nSPS) is 16.6. The Labute approximate surface area is 158 Å². The number of carbonyl (C=O) groups excluding carboxylic acids is 1. The molecule has 0 N–H and O–H groups in total.